The first-order valence-corrected chi connectivity index (χ1v) is 5.55. The number of amides is 1. The van der Waals surface area contributed by atoms with Gasteiger partial charge in [-0.1, -0.05) is 0 Å². The maximum atomic E-state index is 12.1. The summed E-state index contributed by atoms with van der Waals surface area (Å²) >= 11 is 0. The molecule has 0 aliphatic carbocycles. The maximum Gasteiger partial charge on any atom is 0.573 e. The monoisotopic (exact) mass is 293 g/mol. The number of hydrogen-bond acceptors (Lipinski definition) is 4. The normalized spacial score (nSPS) is 11.9. The van der Waals surface area contributed by atoms with E-state index < -0.39 is 29.6 Å². The molecule has 0 radical (unpaired) electrons. The topological polar surface area (TPSA) is 67.8 Å². The van der Waals surface area contributed by atoms with E-state index in [0.717, 1.165) is 12.1 Å². The van der Waals surface area contributed by atoms with Crippen molar-refractivity contribution >= 4 is 11.8 Å². The number of ether oxygens (including phenoxy) is 2. The summed E-state index contributed by atoms with van der Waals surface area (Å²) in [6.07, 6.45) is -5.77. The molecule has 0 aromatic heterocycles. The minimum Gasteiger partial charge on any atom is -0.504 e. The maximum absolute atomic E-state index is 12.1. The second-order valence-corrected chi connectivity index (χ2v) is 4.86. The summed E-state index contributed by atoms with van der Waals surface area (Å²) in [4.78, 5) is 11.5. The summed E-state index contributed by atoms with van der Waals surface area (Å²) in [7, 11) is 0. The van der Waals surface area contributed by atoms with Crippen LogP contribution in [0.2, 0.25) is 0 Å². The first kappa shape index (κ1) is 15.9. The number of carbonyl (C=O) groups is 1. The predicted octanol–water partition coefficient (Wildman–Crippen LogP) is 3.64. The van der Waals surface area contributed by atoms with Crippen LogP contribution in [-0.2, 0) is 4.74 Å². The number of rotatable bonds is 2. The van der Waals surface area contributed by atoms with Crippen molar-refractivity contribution in [2.24, 2.45) is 0 Å². The Balaban J connectivity index is 2.82. The minimum absolute atomic E-state index is 0.00343. The third-order valence-electron chi connectivity index (χ3n) is 1.83. The second-order valence-electron chi connectivity index (χ2n) is 4.86. The van der Waals surface area contributed by atoms with Crippen molar-refractivity contribution in [1.82, 2.24) is 0 Å². The Kier molecular flexibility index (Phi) is 4.36. The Morgan fingerprint density at radius 2 is 1.85 bits per heavy atom. The zero-order chi connectivity index (χ0) is 15.6. The van der Waals surface area contributed by atoms with Crippen LogP contribution in [0.1, 0.15) is 20.8 Å². The van der Waals surface area contributed by atoms with Crippen LogP contribution in [0.3, 0.4) is 0 Å². The molecule has 0 atom stereocenters. The lowest BCUT2D eigenvalue weighted by Gasteiger charge is -2.20. The lowest BCUT2D eigenvalue weighted by Crippen LogP contribution is -2.27. The predicted molar refractivity (Wildman–Crippen MR) is 64.6 cm³/mol. The Morgan fingerprint density at radius 3 is 2.35 bits per heavy atom. The van der Waals surface area contributed by atoms with Gasteiger partial charge in [-0.3, -0.25) is 5.32 Å². The summed E-state index contributed by atoms with van der Waals surface area (Å²) in [5, 5.41) is 11.5. The smallest absolute Gasteiger partial charge is 0.504 e. The molecule has 20 heavy (non-hydrogen) atoms. The van der Waals surface area contributed by atoms with Crippen molar-refractivity contribution < 1.29 is 32.5 Å². The molecule has 0 saturated heterocycles. The molecule has 1 aromatic carbocycles. The van der Waals surface area contributed by atoms with Crippen molar-refractivity contribution in [3.63, 3.8) is 0 Å². The van der Waals surface area contributed by atoms with E-state index in [1.165, 1.54) is 6.07 Å². The van der Waals surface area contributed by atoms with Gasteiger partial charge in [0.05, 0.1) is 0 Å². The van der Waals surface area contributed by atoms with Crippen molar-refractivity contribution in [2.45, 2.75) is 32.7 Å². The average Bonchev–Trinajstić information content (AvgIpc) is 2.18. The van der Waals surface area contributed by atoms with Crippen molar-refractivity contribution in [1.29, 1.82) is 0 Å². The molecule has 8 heteroatoms. The first-order chi connectivity index (χ1) is 8.96. The Hall–Kier alpha value is -2.12. The lowest BCUT2D eigenvalue weighted by atomic mass is 10.2. The molecule has 0 fully saturated rings. The SMILES string of the molecule is CC(C)(C)OC(=O)Nc1ccc(O)c(OC(F)(F)F)c1. The van der Waals surface area contributed by atoms with Gasteiger partial charge in [0.15, 0.2) is 11.5 Å². The van der Waals surface area contributed by atoms with E-state index in [1.54, 1.807) is 20.8 Å². The van der Waals surface area contributed by atoms with Crippen molar-refractivity contribution in [3.05, 3.63) is 18.2 Å². The van der Waals surface area contributed by atoms with Crippen LogP contribution in [0.5, 0.6) is 11.5 Å². The highest BCUT2D eigenvalue weighted by Gasteiger charge is 2.32. The number of phenolic OH excluding ortho intramolecular Hbond substituents is 1. The van der Waals surface area contributed by atoms with Crippen LogP contribution in [0.4, 0.5) is 23.7 Å². The second kappa shape index (κ2) is 5.48. The Bertz CT molecular complexity index is 494. The van der Waals surface area contributed by atoms with Gasteiger partial charge in [-0.2, -0.15) is 0 Å². The number of alkyl halides is 3. The Labute approximate surface area is 113 Å². The quantitative estimate of drug-likeness (QED) is 0.817. The van der Waals surface area contributed by atoms with E-state index >= 15 is 0 Å². The van der Waals surface area contributed by atoms with Crippen LogP contribution >= 0.6 is 0 Å². The summed E-state index contributed by atoms with van der Waals surface area (Å²) in [6.45, 7) is 4.92. The van der Waals surface area contributed by atoms with Gasteiger partial charge in [0, 0.05) is 11.8 Å². The third-order valence-corrected chi connectivity index (χ3v) is 1.83. The Morgan fingerprint density at radius 1 is 1.25 bits per heavy atom. The molecule has 0 saturated carbocycles. The summed E-state index contributed by atoms with van der Waals surface area (Å²) in [6, 6.07) is 3.02. The van der Waals surface area contributed by atoms with E-state index in [9.17, 15) is 23.1 Å². The molecule has 0 unspecified atom stereocenters. The van der Waals surface area contributed by atoms with Gasteiger partial charge >= 0.3 is 12.5 Å². The number of phenols is 1. The number of hydrogen-bond donors (Lipinski definition) is 2. The van der Waals surface area contributed by atoms with E-state index in [-0.39, 0.29) is 5.69 Å². The summed E-state index contributed by atoms with van der Waals surface area (Å²) in [5.41, 5.74) is -0.747. The zero-order valence-corrected chi connectivity index (χ0v) is 11.0. The molecule has 0 aliphatic heterocycles. The van der Waals surface area contributed by atoms with Gasteiger partial charge in [0.1, 0.15) is 5.60 Å². The molecule has 1 aromatic rings. The highest BCUT2D eigenvalue weighted by Crippen LogP contribution is 2.33. The van der Waals surface area contributed by atoms with Crippen LogP contribution in [0.15, 0.2) is 18.2 Å². The average molecular weight is 293 g/mol. The molecular formula is C12H14F3NO4. The van der Waals surface area contributed by atoms with E-state index in [1.807, 2.05) is 0 Å². The molecule has 0 spiro atoms. The van der Waals surface area contributed by atoms with Crippen molar-refractivity contribution in [3.8, 4) is 11.5 Å². The van der Waals surface area contributed by atoms with Crippen LogP contribution in [-0.4, -0.2) is 23.2 Å². The van der Waals surface area contributed by atoms with Crippen LogP contribution in [0.25, 0.3) is 0 Å². The van der Waals surface area contributed by atoms with E-state index in [2.05, 4.69) is 10.1 Å². The first-order valence-electron chi connectivity index (χ1n) is 5.55. The van der Waals surface area contributed by atoms with Crippen LogP contribution < -0.4 is 10.1 Å². The molecule has 5 nitrogen and oxygen atoms in total. The largest absolute Gasteiger partial charge is 0.573 e. The fourth-order valence-corrected chi connectivity index (χ4v) is 1.22. The molecule has 1 rings (SSSR count). The standard InChI is InChI=1S/C12H14F3NO4/c1-11(2,3)20-10(18)16-7-4-5-8(17)9(6-7)19-12(13,14)15/h4-6,17H,1-3H3,(H,16,18). The third kappa shape index (κ3) is 5.68. The molecule has 0 heterocycles. The zero-order valence-electron chi connectivity index (χ0n) is 11.0. The molecule has 1 amide bonds. The van der Waals surface area contributed by atoms with Crippen molar-refractivity contribution in [2.75, 3.05) is 5.32 Å². The summed E-state index contributed by atoms with van der Waals surface area (Å²) in [5.74, 6) is -1.51. The lowest BCUT2D eigenvalue weighted by molar-refractivity contribution is -0.275. The molecule has 0 bridgehead atoms. The number of nitrogens with one attached hydrogen (secondary N) is 1. The van der Waals surface area contributed by atoms with E-state index in [0.29, 0.717) is 0 Å². The van der Waals surface area contributed by atoms with Gasteiger partial charge in [0.25, 0.3) is 0 Å². The fraction of sp³-hybridized carbons (Fsp3) is 0.417. The van der Waals surface area contributed by atoms with Gasteiger partial charge in [-0.15, -0.1) is 13.2 Å². The number of carbonyl (C=O) groups excluding carboxylic acids is 1. The molecular weight excluding hydrogens is 279 g/mol. The fourth-order valence-electron chi connectivity index (χ4n) is 1.22. The summed E-state index contributed by atoms with van der Waals surface area (Å²) < 4.78 is 44.8. The number of aromatic hydroxyl groups is 1. The number of benzene rings is 1. The van der Waals surface area contributed by atoms with Gasteiger partial charge < -0.3 is 14.6 Å². The van der Waals surface area contributed by atoms with Gasteiger partial charge in [0.2, 0.25) is 0 Å². The highest BCUT2D eigenvalue weighted by molar-refractivity contribution is 5.85. The number of anilines is 1. The molecule has 112 valence electrons. The highest BCUT2D eigenvalue weighted by atomic mass is 19.4. The molecule has 0 aliphatic rings. The number of halogens is 3. The van der Waals surface area contributed by atoms with E-state index in [4.69, 9.17) is 4.74 Å². The van der Waals surface area contributed by atoms with Gasteiger partial charge in [-0.25, -0.2) is 4.79 Å². The minimum atomic E-state index is -4.94. The molecule has 2 N–H and O–H groups in total. The van der Waals surface area contributed by atoms with Crippen LogP contribution in [0, 0.1) is 0 Å². The van der Waals surface area contributed by atoms with Gasteiger partial charge in [-0.05, 0) is 32.9 Å².